The number of nitrogens with zero attached hydrogens (tertiary/aromatic N) is 2. The van der Waals surface area contributed by atoms with Crippen molar-refractivity contribution < 1.29 is 4.52 Å². The van der Waals surface area contributed by atoms with E-state index >= 15 is 0 Å². The summed E-state index contributed by atoms with van der Waals surface area (Å²) in [5.74, 6) is 0.704. The van der Waals surface area contributed by atoms with Crippen LogP contribution in [0.3, 0.4) is 0 Å². The molecule has 0 amide bonds. The smallest absolute Gasteiger partial charge is 0.143 e. The molecule has 0 saturated heterocycles. The molecule has 0 unspecified atom stereocenters. The van der Waals surface area contributed by atoms with Crippen LogP contribution in [0, 0.1) is 11.8 Å². The van der Waals surface area contributed by atoms with Crippen LogP contribution in [-0.4, -0.2) is 5.16 Å². The van der Waals surface area contributed by atoms with Gasteiger partial charge in [0, 0.05) is 5.39 Å². The minimum Gasteiger partial charge on any atom is -0.360 e. The van der Waals surface area contributed by atoms with E-state index < -0.39 is 0 Å². The topological polar surface area (TPSA) is 55.5 Å². The third-order valence-electron chi connectivity index (χ3n) is 1.77. The highest BCUT2D eigenvalue weighted by Crippen LogP contribution is 2.26. The molecule has 0 spiro atoms. The molecule has 1 heterocycles. The van der Waals surface area contributed by atoms with Gasteiger partial charge >= 0.3 is 0 Å². The second-order valence-corrected chi connectivity index (χ2v) is 2.50. The van der Waals surface area contributed by atoms with Gasteiger partial charge < -0.3 is 4.52 Å². The molecule has 0 N–H and O–H groups in total. The highest BCUT2D eigenvalue weighted by atomic mass is 16.5. The number of benzene rings is 1. The van der Waals surface area contributed by atoms with Crippen LogP contribution in [0.4, 0.5) is 5.69 Å². The molecule has 0 fully saturated rings. The van der Waals surface area contributed by atoms with Crippen LogP contribution in [0.2, 0.25) is 0 Å². The van der Waals surface area contributed by atoms with Gasteiger partial charge in [-0.2, -0.15) is 0 Å². The summed E-state index contributed by atoms with van der Waals surface area (Å²) in [5.41, 5.74) is 0.856. The van der Waals surface area contributed by atoms with Crippen molar-refractivity contribution in [1.29, 1.82) is 0 Å². The number of hydrogen-bond donors (Lipinski definition) is 0. The molecule has 0 aliphatic heterocycles. The van der Waals surface area contributed by atoms with Crippen molar-refractivity contribution in [1.82, 2.24) is 5.16 Å². The number of nitroso groups, excluding NO2 is 1. The lowest BCUT2D eigenvalue weighted by molar-refractivity contribution is 0.405. The lowest BCUT2D eigenvalue weighted by Gasteiger charge is -1.87. The predicted octanol–water partition coefficient (Wildman–Crippen LogP) is 2.53. The SMILES string of the molecule is Cc1onc2c(N=O)cccc12. The zero-order valence-electron chi connectivity index (χ0n) is 6.44. The summed E-state index contributed by atoms with van der Waals surface area (Å²) in [6.07, 6.45) is 0. The molecule has 2 rings (SSSR count). The van der Waals surface area contributed by atoms with E-state index in [0.29, 0.717) is 17.0 Å². The summed E-state index contributed by atoms with van der Waals surface area (Å²) in [4.78, 5) is 10.3. The molecule has 0 aliphatic carbocycles. The summed E-state index contributed by atoms with van der Waals surface area (Å²) in [6, 6.07) is 5.20. The van der Waals surface area contributed by atoms with Gasteiger partial charge in [-0.05, 0) is 24.2 Å². The molecule has 0 saturated carbocycles. The fourth-order valence-corrected chi connectivity index (χ4v) is 1.15. The van der Waals surface area contributed by atoms with E-state index in [1.807, 2.05) is 6.07 Å². The molecule has 0 atom stereocenters. The van der Waals surface area contributed by atoms with Gasteiger partial charge in [-0.15, -0.1) is 4.91 Å². The number of hydrogen-bond acceptors (Lipinski definition) is 4. The average molecular weight is 162 g/mol. The van der Waals surface area contributed by atoms with Crippen LogP contribution < -0.4 is 0 Å². The molecule has 0 bridgehead atoms. The highest BCUT2D eigenvalue weighted by Gasteiger charge is 2.07. The van der Waals surface area contributed by atoms with Crippen molar-refractivity contribution in [3.05, 3.63) is 28.9 Å². The molecule has 0 aliphatic rings. The molecule has 60 valence electrons. The first-order valence-electron chi connectivity index (χ1n) is 3.51. The van der Waals surface area contributed by atoms with Crippen LogP contribution >= 0.6 is 0 Å². The van der Waals surface area contributed by atoms with E-state index in [4.69, 9.17) is 4.52 Å². The molecule has 12 heavy (non-hydrogen) atoms. The highest BCUT2D eigenvalue weighted by molar-refractivity contribution is 5.89. The minimum absolute atomic E-state index is 0.323. The van der Waals surface area contributed by atoms with E-state index in [0.717, 1.165) is 5.39 Å². The Hall–Kier alpha value is -1.71. The van der Waals surface area contributed by atoms with Gasteiger partial charge in [0.05, 0.1) is 0 Å². The maximum absolute atomic E-state index is 10.3. The zero-order valence-corrected chi connectivity index (χ0v) is 6.44. The Morgan fingerprint density at radius 1 is 1.50 bits per heavy atom. The van der Waals surface area contributed by atoms with Crippen LogP contribution in [0.5, 0.6) is 0 Å². The van der Waals surface area contributed by atoms with Crippen molar-refractivity contribution in [3.8, 4) is 0 Å². The molecule has 1 aromatic heterocycles. The van der Waals surface area contributed by atoms with Crippen LogP contribution in [0.1, 0.15) is 5.76 Å². The van der Waals surface area contributed by atoms with Crippen molar-refractivity contribution in [2.45, 2.75) is 6.92 Å². The standard InChI is InChI=1S/C8H6N2O2/c1-5-6-3-2-4-7(9-11)8(6)10-12-5/h2-4H,1H3. The normalized spacial score (nSPS) is 10.4. The summed E-state index contributed by atoms with van der Waals surface area (Å²) in [6.45, 7) is 1.80. The van der Waals surface area contributed by atoms with Crippen molar-refractivity contribution >= 4 is 16.6 Å². The Balaban J connectivity index is 2.89. The molecule has 1 aromatic carbocycles. The molecular weight excluding hydrogens is 156 g/mol. The molecular formula is C8H6N2O2. The van der Waals surface area contributed by atoms with Gasteiger partial charge in [0.15, 0.2) is 0 Å². The summed E-state index contributed by atoms with van der Waals surface area (Å²) in [5, 5.41) is 7.40. The fourth-order valence-electron chi connectivity index (χ4n) is 1.15. The first-order chi connectivity index (χ1) is 5.83. The molecule has 4 nitrogen and oxygen atoms in total. The fraction of sp³-hybridized carbons (Fsp3) is 0.125. The van der Waals surface area contributed by atoms with Crippen LogP contribution in [0.25, 0.3) is 10.9 Å². The largest absolute Gasteiger partial charge is 0.360 e. The monoisotopic (exact) mass is 162 g/mol. The minimum atomic E-state index is 0.323. The number of rotatable bonds is 1. The Labute approximate surface area is 68.1 Å². The Morgan fingerprint density at radius 3 is 3.08 bits per heavy atom. The number of fused-ring (bicyclic) bond motifs is 1. The van der Waals surface area contributed by atoms with Gasteiger partial charge in [-0.3, -0.25) is 0 Å². The zero-order chi connectivity index (χ0) is 8.55. The summed E-state index contributed by atoms with van der Waals surface area (Å²) >= 11 is 0. The Morgan fingerprint density at radius 2 is 2.33 bits per heavy atom. The van der Waals surface area contributed by atoms with Gasteiger partial charge in [0.1, 0.15) is 17.0 Å². The summed E-state index contributed by atoms with van der Waals surface area (Å²) in [7, 11) is 0. The van der Waals surface area contributed by atoms with Crippen molar-refractivity contribution in [3.63, 3.8) is 0 Å². The third-order valence-corrected chi connectivity index (χ3v) is 1.77. The molecule has 4 heteroatoms. The first kappa shape index (κ1) is 6.97. The predicted molar refractivity (Wildman–Crippen MR) is 44.2 cm³/mol. The van der Waals surface area contributed by atoms with E-state index in [9.17, 15) is 4.91 Å². The molecule has 0 radical (unpaired) electrons. The summed E-state index contributed by atoms with van der Waals surface area (Å²) < 4.78 is 4.91. The lowest BCUT2D eigenvalue weighted by Crippen LogP contribution is -1.69. The van der Waals surface area contributed by atoms with Gasteiger partial charge in [0.2, 0.25) is 0 Å². The van der Waals surface area contributed by atoms with E-state index in [2.05, 4.69) is 10.3 Å². The van der Waals surface area contributed by atoms with Crippen LogP contribution in [-0.2, 0) is 0 Å². The van der Waals surface area contributed by atoms with E-state index in [-0.39, 0.29) is 0 Å². The third kappa shape index (κ3) is 0.812. The number of aryl methyl sites for hydroxylation is 1. The van der Waals surface area contributed by atoms with Gasteiger partial charge in [-0.1, -0.05) is 11.2 Å². The first-order valence-corrected chi connectivity index (χ1v) is 3.51. The van der Waals surface area contributed by atoms with E-state index in [1.165, 1.54) is 0 Å². The second-order valence-electron chi connectivity index (χ2n) is 2.50. The second kappa shape index (κ2) is 2.41. The maximum Gasteiger partial charge on any atom is 0.143 e. The van der Waals surface area contributed by atoms with Gasteiger partial charge in [0.25, 0.3) is 0 Å². The van der Waals surface area contributed by atoms with Gasteiger partial charge in [-0.25, -0.2) is 0 Å². The average Bonchev–Trinajstić information content (AvgIpc) is 2.48. The Kier molecular flexibility index (Phi) is 1.40. The Bertz CT molecular complexity index is 434. The molecule has 2 aromatic rings. The number of aromatic nitrogens is 1. The maximum atomic E-state index is 10.3. The van der Waals surface area contributed by atoms with Crippen molar-refractivity contribution in [2.75, 3.05) is 0 Å². The quantitative estimate of drug-likeness (QED) is 0.605. The van der Waals surface area contributed by atoms with E-state index in [1.54, 1.807) is 19.1 Å². The van der Waals surface area contributed by atoms with Crippen LogP contribution in [0.15, 0.2) is 27.9 Å². The lowest BCUT2D eigenvalue weighted by atomic mass is 10.2. The van der Waals surface area contributed by atoms with Crippen molar-refractivity contribution in [2.24, 2.45) is 5.18 Å².